The largest absolute Gasteiger partial charge is 0.494 e. The van der Waals surface area contributed by atoms with E-state index < -0.39 is 0 Å². The fraction of sp³-hybridized carbons (Fsp3) is 0.625. The molecule has 108 valence electrons. The van der Waals surface area contributed by atoms with Crippen molar-refractivity contribution in [3.8, 4) is 5.75 Å². The van der Waals surface area contributed by atoms with E-state index in [0.717, 1.165) is 18.5 Å². The van der Waals surface area contributed by atoms with E-state index in [2.05, 4.69) is 39.9 Å². The lowest BCUT2D eigenvalue weighted by molar-refractivity contribution is 0.373. The Hall–Kier alpha value is -1.09. The van der Waals surface area contributed by atoms with Crippen LogP contribution in [0.4, 0.5) is 4.39 Å². The van der Waals surface area contributed by atoms with Crippen LogP contribution in [0.5, 0.6) is 5.75 Å². The first-order valence-corrected chi connectivity index (χ1v) is 6.75. The van der Waals surface area contributed by atoms with E-state index >= 15 is 0 Å². The molecule has 0 aromatic heterocycles. The molecule has 0 radical (unpaired) electrons. The molecule has 1 aromatic rings. The minimum atomic E-state index is -0.295. The van der Waals surface area contributed by atoms with Crippen molar-refractivity contribution >= 4 is 0 Å². The zero-order chi connectivity index (χ0) is 14.7. The average molecular weight is 267 g/mol. The predicted molar refractivity (Wildman–Crippen MR) is 78.4 cm³/mol. The number of hydrogen-bond acceptors (Lipinski definition) is 2. The summed E-state index contributed by atoms with van der Waals surface area (Å²) in [5.41, 5.74) is 1.05. The Morgan fingerprint density at radius 1 is 1.16 bits per heavy atom. The Balaban J connectivity index is 2.74. The van der Waals surface area contributed by atoms with Gasteiger partial charge in [-0.25, -0.2) is 4.39 Å². The SMILES string of the molecule is COc1ccc(C(C)(C)CCNC(C)(C)C)cc1F. The normalized spacial score (nSPS) is 12.6. The first-order valence-electron chi connectivity index (χ1n) is 6.75. The van der Waals surface area contributed by atoms with Gasteiger partial charge in [-0.1, -0.05) is 19.9 Å². The van der Waals surface area contributed by atoms with E-state index in [4.69, 9.17) is 4.74 Å². The van der Waals surface area contributed by atoms with Gasteiger partial charge in [0.15, 0.2) is 11.6 Å². The van der Waals surface area contributed by atoms with Crippen LogP contribution in [0.3, 0.4) is 0 Å². The van der Waals surface area contributed by atoms with Gasteiger partial charge in [0.2, 0.25) is 0 Å². The number of hydrogen-bond donors (Lipinski definition) is 1. The summed E-state index contributed by atoms with van der Waals surface area (Å²) in [6.07, 6.45) is 0.954. The lowest BCUT2D eigenvalue weighted by Gasteiger charge is -2.28. The number of halogens is 1. The summed E-state index contributed by atoms with van der Waals surface area (Å²) in [5, 5.41) is 3.47. The van der Waals surface area contributed by atoms with Gasteiger partial charge in [-0.05, 0) is 56.8 Å². The highest BCUT2D eigenvalue weighted by Gasteiger charge is 2.22. The molecule has 1 N–H and O–H groups in total. The number of benzene rings is 1. The molecule has 0 amide bonds. The monoisotopic (exact) mass is 267 g/mol. The summed E-state index contributed by atoms with van der Waals surface area (Å²) in [5.74, 6) is 0.00391. The number of rotatable bonds is 5. The lowest BCUT2D eigenvalue weighted by Crippen LogP contribution is -2.38. The van der Waals surface area contributed by atoms with Crippen molar-refractivity contribution in [3.05, 3.63) is 29.6 Å². The zero-order valence-electron chi connectivity index (χ0n) is 12.9. The lowest BCUT2D eigenvalue weighted by atomic mass is 9.81. The highest BCUT2D eigenvalue weighted by molar-refractivity contribution is 5.33. The second-order valence-corrected chi connectivity index (χ2v) is 6.66. The maximum absolute atomic E-state index is 13.8. The van der Waals surface area contributed by atoms with Gasteiger partial charge in [-0.3, -0.25) is 0 Å². The van der Waals surface area contributed by atoms with E-state index in [0.29, 0.717) is 5.75 Å². The van der Waals surface area contributed by atoms with E-state index in [9.17, 15) is 4.39 Å². The fourth-order valence-corrected chi connectivity index (χ4v) is 1.98. The molecular formula is C16H26FNO. The number of ether oxygens (including phenoxy) is 1. The van der Waals surface area contributed by atoms with Crippen molar-refractivity contribution in [2.75, 3.05) is 13.7 Å². The minimum absolute atomic E-state index is 0.0641. The second-order valence-electron chi connectivity index (χ2n) is 6.66. The van der Waals surface area contributed by atoms with Gasteiger partial charge in [0.25, 0.3) is 0 Å². The summed E-state index contributed by atoms with van der Waals surface area (Å²) in [4.78, 5) is 0. The van der Waals surface area contributed by atoms with Crippen molar-refractivity contribution < 1.29 is 9.13 Å². The highest BCUT2D eigenvalue weighted by Crippen LogP contribution is 2.30. The summed E-state index contributed by atoms with van der Waals surface area (Å²) in [7, 11) is 1.48. The van der Waals surface area contributed by atoms with Gasteiger partial charge in [-0.2, -0.15) is 0 Å². The van der Waals surface area contributed by atoms with Crippen molar-refractivity contribution in [3.63, 3.8) is 0 Å². The molecule has 0 aliphatic carbocycles. The van der Waals surface area contributed by atoms with Crippen LogP contribution in [-0.4, -0.2) is 19.2 Å². The predicted octanol–water partition coefficient (Wildman–Crippen LogP) is 3.89. The second kappa shape index (κ2) is 5.91. The Morgan fingerprint density at radius 2 is 1.79 bits per heavy atom. The molecule has 0 atom stereocenters. The molecule has 0 aliphatic heterocycles. The molecule has 0 bridgehead atoms. The van der Waals surface area contributed by atoms with Crippen LogP contribution in [0.15, 0.2) is 18.2 Å². The Labute approximate surface area is 116 Å². The van der Waals surface area contributed by atoms with Crippen molar-refractivity contribution in [1.29, 1.82) is 0 Å². The Kier molecular flexibility index (Phi) is 4.97. The molecule has 0 unspecified atom stereocenters. The minimum Gasteiger partial charge on any atom is -0.494 e. The van der Waals surface area contributed by atoms with E-state index in [1.54, 1.807) is 12.1 Å². The highest BCUT2D eigenvalue weighted by atomic mass is 19.1. The molecule has 1 rings (SSSR count). The van der Waals surface area contributed by atoms with Crippen LogP contribution in [0.1, 0.15) is 46.6 Å². The van der Waals surface area contributed by atoms with Crippen LogP contribution in [-0.2, 0) is 5.41 Å². The van der Waals surface area contributed by atoms with Crippen LogP contribution < -0.4 is 10.1 Å². The zero-order valence-corrected chi connectivity index (χ0v) is 12.9. The molecule has 19 heavy (non-hydrogen) atoms. The van der Waals surface area contributed by atoms with Crippen LogP contribution in [0.2, 0.25) is 0 Å². The fourth-order valence-electron chi connectivity index (χ4n) is 1.98. The first kappa shape index (κ1) is 16.0. The smallest absolute Gasteiger partial charge is 0.165 e. The summed E-state index contributed by atoms with van der Waals surface area (Å²) in [6, 6.07) is 5.22. The molecular weight excluding hydrogens is 241 g/mol. The molecule has 0 heterocycles. The van der Waals surface area contributed by atoms with Crippen LogP contribution >= 0.6 is 0 Å². The van der Waals surface area contributed by atoms with E-state index in [1.165, 1.54) is 7.11 Å². The topological polar surface area (TPSA) is 21.3 Å². The van der Waals surface area contributed by atoms with E-state index in [1.807, 2.05) is 6.07 Å². The number of nitrogens with one attached hydrogen (secondary N) is 1. The third-order valence-corrected chi connectivity index (χ3v) is 3.34. The molecule has 0 saturated carbocycles. The van der Waals surface area contributed by atoms with Gasteiger partial charge in [-0.15, -0.1) is 0 Å². The number of methoxy groups -OCH3 is 1. The van der Waals surface area contributed by atoms with Crippen molar-refractivity contribution in [1.82, 2.24) is 5.32 Å². The van der Waals surface area contributed by atoms with Crippen LogP contribution in [0.25, 0.3) is 0 Å². The standard InChI is InChI=1S/C16H26FNO/c1-15(2,3)18-10-9-16(4,5)12-7-8-14(19-6)13(17)11-12/h7-8,11,18H,9-10H2,1-6H3. The van der Waals surface area contributed by atoms with Gasteiger partial charge < -0.3 is 10.1 Å². The molecule has 2 nitrogen and oxygen atoms in total. The summed E-state index contributed by atoms with van der Waals surface area (Å²) in [6.45, 7) is 11.6. The third-order valence-electron chi connectivity index (χ3n) is 3.34. The quantitative estimate of drug-likeness (QED) is 0.874. The van der Waals surface area contributed by atoms with Gasteiger partial charge in [0, 0.05) is 5.54 Å². The van der Waals surface area contributed by atoms with Gasteiger partial charge >= 0.3 is 0 Å². The maximum atomic E-state index is 13.8. The first-order chi connectivity index (χ1) is 8.65. The summed E-state index contributed by atoms with van der Waals surface area (Å²) < 4.78 is 18.7. The van der Waals surface area contributed by atoms with Gasteiger partial charge in [0.05, 0.1) is 7.11 Å². The molecule has 1 aromatic carbocycles. The molecule has 0 fully saturated rings. The summed E-state index contributed by atoms with van der Waals surface area (Å²) >= 11 is 0. The third kappa shape index (κ3) is 4.83. The Bertz CT molecular complexity index is 421. The van der Waals surface area contributed by atoms with Gasteiger partial charge in [0.1, 0.15) is 0 Å². The molecule has 0 saturated heterocycles. The molecule has 0 aliphatic rings. The average Bonchev–Trinajstić information content (AvgIpc) is 2.26. The molecule has 3 heteroatoms. The van der Waals surface area contributed by atoms with E-state index in [-0.39, 0.29) is 16.8 Å². The van der Waals surface area contributed by atoms with Crippen LogP contribution in [0, 0.1) is 5.82 Å². The maximum Gasteiger partial charge on any atom is 0.165 e. The van der Waals surface area contributed by atoms with Crippen molar-refractivity contribution in [2.45, 2.75) is 52.0 Å². The Morgan fingerprint density at radius 3 is 2.26 bits per heavy atom. The van der Waals surface area contributed by atoms with Crippen molar-refractivity contribution in [2.24, 2.45) is 0 Å². The molecule has 0 spiro atoms.